The van der Waals surface area contributed by atoms with E-state index in [-0.39, 0.29) is 6.42 Å². The highest BCUT2D eigenvalue weighted by molar-refractivity contribution is 5.72. The first-order chi connectivity index (χ1) is 7.25. The van der Waals surface area contributed by atoms with Crippen LogP contribution in [0.5, 0.6) is 0 Å². The lowest BCUT2D eigenvalue weighted by Crippen LogP contribution is -1.95. The zero-order chi connectivity index (χ0) is 10.7. The van der Waals surface area contributed by atoms with E-state index < -0.39 is 5.97 Å². The van der Waals surface area contributed by atoms with Gasteiger partial charge in [-0.2, -0.15) is 0 Å². The summed E-state index contributed by atoms with van der Waals surface area (Å²) in [6.45, 7) is 0. The summed E-state index contributed by atoms with van der Waals surface area (Å²) in [5, 5.41) is 8.48. The molecule has 0 aliphatic rings. The van der Waals surface area contributed by atoms with Crippen LogP contribution in [-0.2, 0) is 11.2 Å². The SMILES string of the molecule is O=C(O)CCCc1nc2ccccc2o1. The van der Waals surface area contributed by atoms with E-state index in [1.54, 1.807) is 0 Å². The van der Waals surface area contributed by atoms with E-state index in [1.807, 2.05) is 24.3 Å². The molecule has 2 rings (SSSR count). The van der Waals surface area contributed by atoms with Gasteiger partial charge in [-0.05, 0) is 18.6 Å². The number of hydrogen-bond acceptors (Lipinski definition) is 3. The first-order valence-electron chi connectivity index (χ1n) is 4.82. The highest BCUT2D eigenvalue weighted by atomic mass is 16.4. The van der Waals surface area contributed by atoms with Gasteiger partial charge >= 0.3 is 5.97 Å². The van der Waals surface area contributed by atoms with E-state index in [2.05, 4.69) is 4.98 Å². The minimum atomic E-state index is -0.786. The molecule has 1 aromatic heterocycles. The molecule has 0 aliphatic heterocycles. The van der Waals surface area contributed by atoms with Crippen LogP contribution in [0.2, 0.25) is 0 Å². The molecule has 0 radical (unpaired) electrons. The Morgan fingerprint density at radius 3 is 2.93 bits per heavy atom. The van der Waals surface area contributed by atoms with Gasteiger partial charge in [-0.1, -0.05) is 12.1 Å². The Balaban J connectivity index is 2.05. The fourth-order valence-corrected chi connectivity index (χ4v) is 1.42. The van der Waals surface area contributed by atoms with Gasteiger partial charge in [0.1, 0.15) is 5.52 Å². The van der Waals surface area contributed by atoms with E-state index in [4.69, 9.17) is 9.52 Å². The molecule has 1 aromatic carbocycles. The Morgan fingerprint density at radius 2 is 2.20 bits per heavy atom. The quantitative estimate of drug-likeness (QED) is 0.831. The van der Waals surface area contributed by atoms with Crippen molar-refractivity contribution < 1.29 is 14.3 Å². The van der Waals surface area contributed by atoms with Gasteiger partial charge in [0.25, 0.3) is 0 Å². The van der Waals surface area contributed by atoms with Crippen molar-refractivity contribution in [1.29, 1.82) is 0 Å². The number of fused-ring (bicyclic) bond motifs is 1. The van der Waals surface area contributed by atoms with Gasteiger partial charge in [0.05, 0.1) is 0 Å². The predicted molar refractivity (Wildman–Crippen MR) is 54.6 cm³/mol. The molecule has 78 valence electrons. The summed E-state index contributed by atoms with van der Waals surface area (Å²) in [6, 6.07) is 7.50. The number of carboxylic acids is 1. The molecular weight excluding hydrogens is 194 g/mol. The molecule has 0 saturated carbocycles. The van der Waals surface area contributed by atoms with Crippen LogP contribution in [0.1, 0.15) is 18.7 Å². The monoisotopic (exact) mass is 205 g/mol. The van der Waals surface area contributed by atoms with Crippen LogP contribution >= 0.6 is 0 Å². The van der Waals surface area contributed by atoms with Crippen molar-refractivity contribution in [1.82, 2.24) is 4.98 Å². The van der Waals surface area contributed by atoms with Gasteiger partial charge in [-0.25, -0.2) is 4.98 Å². The highest BCUT2D eigenvalue weighted by Crippen LogP contribution is 2.15. The molecule has 0 amide bonds. The largest absolute Gasteiger partial charge is 0.481 e. The average Bonchev–Trinajstić information content (AvgIpc) is 2.59. The number of aryl methyl sites for hydroxylation is 1. The van der Waals surface area contributed by atoms with E-state index >= 15 is 0 Å². The van der Waals surface area contributed by atoms with Gasteiger partial charge in [0, 0.05) is 12.8 Å². The van der Waals surface area contributed by atoms with E-state index in [1.165, 1.54) is 0 Å². The summed E-state index contributed by atoms with van der Waals surface area (Å²) in [5.74, 6) is -0.177. The third-order valence-electron chi connectivity index (χ3n) is 2.12. The van der Waals surface area contributed by atoms with Gasteiger partial charge in [-0.15, -0.1) is 0 Å². The number of hydrogen-bond donors (Lipinski definition) is 1. The third-order valence-corrected chi connectivity index (χ3v) is 2.12. The van der Waals surface area contributed by atoms with E-state index in [9.17, 15) is 4.79 Å². The minimum Gasteiger partial charge on any atom is -0.481 e. The summed E-state index contributed by atoms with van der Waals surface area (Å²) in [6.07, 6.45) is 1.28. The Bertz CT molecular complexity index is 442. The minimum absolute atomic E-state index is 0.152. The highest BCUT2D eigenvalue weighted by Gasteiger charge is 2.05. The number of aromatic nitrogens is 1. The molecule has 4 nitrogen and oxygen atoms in total. The second kappa shape index (κ2) is 4.13. The summed E-state index contributed by atoms with van der Waals surface area (Å²) < 4.78 is 5.45. The molecule has 0 bridgehead atoms. The van der Waals surface area contributed by atoms with Crippen LogP contribution in [0.4, 0.5) is 0 Å². The van der Waals surface area contributed by atoms with Gasteiger partial charge in [0.15, 0.2) is 11.5 Å². The second-order valence-electron chi connectivity index (χ2n) is 3.32. The Morgan fingerprint density at radius 1 is 1.40 bits per heavy atom. The van der Waals surface area contributed by atoms with Gasteiger partial charge in [-0.3, -0.25) is 4.79 Å². The topological polar surface area (TPSA) is 63.3 Å². The zero-order valence-corrected chi connectivity index (χ0v) is 8.14. The van der Waals surface area contributed by atoms with E-state index in [0.29, 0.717) is 18.7 Å². The maximum atomic E-state index is 10.3. The number of benzene rings is 1. The van der Waals surface area contributed by atoms with Gasteiger partial charge in [0.2, 0.25) is 0 Å². The Hall–Kier alpha value is -1.84. The number of carboxylic acid groups (broad SMARTS) is 1. The number of para-hydroxylation sites is 2. The molecule has 2 aromatic rings. The standard InChI is InChI=1S/C11H11NO3/c13-11(14)7-3-6-10-12-8-4-1-2-5-9(8)15-10/h1-2,4-5H,3,6-7H2,(H,13,14). The van der Waals surface area contributed by atoms with Crippen LogP contribution < -0.4 is 0 Å². The molecule has 0 unspecified atom stereocenters. The van der Waals surface area contributed by atoms with Crippen LogP contribution in [0.3, 0.4) is 0 Å². The number of aliphatic carboxylic acids is 1. The van der Waals surface area contributed by atoms with E-state index in [0.717, 1.165) is 11.1 Å². The Labute approximate surface area is 86.5 Å². The number of carbonyl (C=O) groups is 1. The lowest BCUT2D eigenvalue weighted by molar-refractivity contribution is -0.137. The molecule has 1 N–H and O–H groups in total. The molecule has 0 aliphatic carbocycles. The molecule has 4 heteroatoms. The maximum Gasteiger partial charge on any atom is 0.303 e. The van der Waals surface area contributed by atoms with Crippen molar-refractivity contribution in [3.05, 3.63) is 30.2 Å². The first kappa shape index (κ1) is 9.71. The summed E-state index contributed by atoms with van der Waals surface area (Å²) >= 11 is 0. The Kier molecular flexibility index (Phi) is 2.67. The average molecular weight is 205 g/mol. The molecule has 1 heterocycles. The summed E-state index contributed by atoms with van der Waals surface area (Å²) in [5.41, 5.74) is 1.57. The fraction of sp³-hybridized carbons (Fsp3) is 0.273. The number of oxazole rings is 1. The van der Waals surface area contributed by atoms with Crippen LogP contribution in [0.25, 0.3) is 11.1 Å². The molecule has 0 fully saturated rings. The van der Waals surface area contributed by atoms with Crippen molar-refractivity contribution in [3.63, 3.8) is 0 Å². The fourth-order valence-electron chi connectivity index (χ4n) is 1.42. The smallest absolute Gasteiger partial charge is 0.303 e. The van der Waals surface area contributed by atoms with Crippen LogP contribution in [-0.4, -0.2) is 16.1 Å². The molecule has 15 heavy (non-hydrogen) atoms. The summed E-state index contributed by atoms with van der Waals surface area (Å²) in [4.78, 5) is 14.6. The molecule has 0 saturated heterocycles. The second-order valence-corrected chi connectivity index (χ2v) is 3.32. The van der Waals surface area contributed by atoms with Crippen molar-refractivity contribution in [2.75, 3.05) is 0 Å². The zero-order valence-electron chi connectivity index (χ0n) is 8.14. The number of nitrogens with zero attached hydrogens (tertiary/aromatic N) is 1. The van der Waals surface area contributed by atoms with Crippen LogP contribution in [0.15, 0.2) is 28.7 Å². The maximum absolute atomic E-state index is 10.3. The van der Waals surface area contributed by atoms with Gasteiger partial charge < -0.3 is 9.52 Å². The number of rotatable bonds is 4. The van der Waals surface area contributed by atoms with Crippen molar-refractivity contribution >= 4 is 17.1 Å². The molecular formula is C11H11NO3. The molecule has 0 atom stereocenters. The van der Waals surface area contributed by atoms with Crippen molar-refractivity contribution in [2.24, 2.45) is 0 Å². The van der Waals surface area contributed by atoms with Crippen molar-refractivity contribution in [2.45, 2.75) is 19.3 Å². The third kappa shape index (κ3) is 2.34. The predicted octanol–water partition coefficient (Wildman–Crippen LogP) is 2.24. The molecule has 0 spiro atoms. The first-order valence-corrected chi connectivity index (χ1v) is 4.82. The van der Waals surface area contributed by atoms with Crippen LogP contribution in [0, 0.1) is 0 Å². The lowest BCUT2D eigenvalue weighted by Gasteiger charge is -1.91. The summed E-state index contributed by atoms with van der Waals surface area (Å²) in [7, 11) is 0. The normalized spacial score (nSPS) is 10.7. The van der Waals surface area contributed by atoms with Crippen molar-refractivity contribution in [3.8, 4) is 0 Å². The lowest BCUT2D eigenvalue weighted by atomic mass is 10.2.